The summed E-state index contributed by atoms with van der Waals surface area (Å²) in [5, 5.41) is 3.20. The number of anilines is 1. The number of H-pyrrole nitrogens is 1. The average Bonchev–Trinajstić information content (AvgIpc) is 2.72. The predicted octanol–water partition coefficient (Wildman–Crippen LogP) is 1.13. The molecule has 0 aromatic carbocycles. The van der Waals surface area contributed by atoms with Gasteiger partial charge in [0.15, 0.2) is 14.9 Å². The van der Waals surface area contributed by atoms with E-state index in [0.29, 0.717) is 6.54 Å². The molecule has 7 heteroatoms. The Bertz CT molecular complexity index is 631. The summed E-state index contributed by atoms with van der Waals surface area (Å²) in [4.78, 5) is 11.1. The third kappa shape index (κ3) is 3.07. The fourth-order valence-corrected chi connectivity index (χ4v) is 2.02. The molecular weight excluding hydrogens is 252 g/mol. The van der Waals surface area contributed by atoms with Gasteiger partial charge < -0.3 is 10.3 Å². The minimum atomic E-state index is -3.24. The van der Waals surface area contributed by atoms with E-state index in [1.165, 1.54) is 12.3 Å². The summed E-state index contributed by atoms with van der Waals surface area (Å²) in [6, 6.07) is 3.17. The second kappa shape index (κ2) is 4.77. The van der Waals surface area contributed by atoms with Crippen LogP contribution >= 0.6 is 0 Å². The largest absolute Gasteiger partial charge is 0.378 e. The van der Waals surface area contributed by atoms with E-state index >= 15 is 0 Å². The van der Waals surface area contributed by atoms with Gasteiger partial charge in [-0.25, -0.2) is 18.4 Å². The van der Waals surface area contributed by atoms with Crippen molar-refractivity contribution in [1.29, 1.82) is 0 Å². The second-order valence-corrected chi connectivity index (χ2v) is 5.97. The monoisotopic (exact) mass is 266 g/mol. The zero-order chi connectivity index (χ0) is 13.2. The van der Waals surface area contributed by atoms with Crippen LogP contribution in [0.3, 0.4) is 0 Å². The number of sulfone groups is 1. The van der Waals surface area contributed by atoms with Gasteiger partial charge in [-0.1, -0.05) is 0 Å². The number of nitrogens with one attached hydrogen (secondary N) is 2. The number of aryl methyl sites for hydroxylation is 1. The van der Waals surface area contributed by atoms with Gasteiger partial charge in [-0.05, 0) is 19.1 Å². The van der Waals surface area contributed by atoms with Crippen LogP contribution < -0.4 is 5.32 Å². The van der Waals surface area contributed by atoms with Crippen LogP contribution in [0.4, 0.5) is 5.69 Å². The topological polar surface area (TPSA) is 87.7 Å². The van der Waals surface area contributed by atoms with E-state index in [2.05, 4.69) is 20.3 Å². The fourth-order valence-electron chi connectivity index (χ4n) is 1.46. The molecule has 0 fully saturated rings. The van der Waals surface area contributed by atoms with E-state index in [-0.39, 0.29) is 5.03 Å². The van der Waals surface area contributed by atoms with Crippen molar-refractivity contribution in [3.05, 3.63) is 36.0 Å². The summed E-state index contributed by atoms with van der Waals surface area (Å²) >= 11 is 0. The first-order valence-electron chi connectivity index (χ1n) is 5.35. The first-order chi connectivity index (χ1) is 8.45. The van der Waals surface area contributed by atoms with Crippen LogP contribution in [-0.2, 0) is 16.4 Å². The number of imidazole rings is 1. The standard InChI is InChI=1S/C11H14N4O2S/c1-8-12-6-10(15-8)7-13-9-3-4-11(14-5-9)18(2,16)17/h3-6,13H,7H2,1-2H3,(H,12,15). The summed E-state index contributed by atoms with van der Waals surface area (Å²) in [5.41, 5.74) is 1.72. The van der Waals surface area contributed by atoms with Gasteiger partial charge in [0.05, 0.1) is 30.3 Å². The smallest absolute Gasteiger partial charge is 0.192 e. The number of aromatic amines is 1. The van der Waals surface area contributed by atoms with Gasteiger partial charge in [0.1, 0.15) is 5.82 Å². The van der Waals surface area contributed by atoms with E-state index in [1.807, 2.05) is 6.92 Å². The van der Waals surface area contributed by atoms with Crippen LogP contribution in [0.2, 0.25) is 0 Å². The summed E-state index contributed by atoms with van der Waals surface area (Å²) < 4.78 is 22.5. The predicted molar refractivity (Wildman–Crippen MR) is 68.0 cm³/mol. The number of nitrogens with zero attached hydrogens (tertiary/aromatic N) is 2. The molecule has 0 radical (unpaired) electrons. The highest BCUT2D eigenvalue weighted by molar-refractivity contribution is 7.90. The van der Waals surface area contributed by atoms with Crippen LogP contribution in [0.25, 0.3) is 0 Å². The van der Waals surface area contributed by atoms with E-state index in [0.717, 1.165) is 23.5 Å². The molecule has 2 aromatic rings. The summed E-state index contributed by atoms with van der Waals surface area (Å²) in [7, 11) is -3.24. The molecule has 0 aliphatic rings. The van der Waals surface area contributed by atoms with Gasteiger partial charge >= 0.3 is 0 Å². The Morgan fingerprint density at radius 1 is 1.28 bits per heavy atom. The molecule has 0 aliphatic heterocycles. The summed E-state index contributed by atoms with van der Waals surface area (Å²) in [6.07, 6.45) is 4.38. The highest BCUT2D eigenvalue weighted by atomic mass is 32.2. The molecule has 0 atom stereocenters. The Morgan fingerprint density at radius 2 is 2.06 bits per heavy atom. The van der Waals surface area contributed by atoms with Gasteiger partial charge in [0, 0.05) is 6.26 Å². The van der Waals surface area contributed by atoms with E-state index in [1.54, 1.807) is 12.3 Å². The Labute approximate surface area is 105 Å². The first kappa shape index (κ1) is 12.6. The number of hydrogen-bond acceptors (Lipinski definition) is 5. The van der Waals surface area contributed by atoms with Crippen LogP contribution in [0.1, 0.15) is 11.5 Å². The van der Waals surface area contributed by atoms with Crippen LogP contribution in [0.15, 0.2) is 29.6 Å². The second-order valence-electron chi connectivity index (χ2n) is 4.00. The normalized spacial score (nSPS) is 11.4. The zero-order valence-electron chi connectivity index (χ0n) is 10.1. The fraction of sp³-hybridized carbons (Fsp3) is 0.273. The molecule has 0 unspecified atom stereocenters. The van der Waals surface area contributed by atoms with E-state index in [9.17, 15) is 8.42 Å². The number of hydrogen-bond donors (Lipinski definition) is 2. The van der Waals surface area contributed by atoms with Crippen LogP contribution in [0.5, 0.6) is 0 Å². The third-order valence-electron chi connectivity index (χ3n) is 2.35. The number of pyridine rings is 1. The minimum Gasteiger partial charge on any atom is -0.378 e. The van der Waals surface area contributed by atoms with Crippen LogP contribution in [0, 0.1) is 6.92 Å². The number of rotatable bonds is 4. The Balaban J connectivity index is 2.03. The first-order valence-corrected chi connectivity index (χ1v) is 7.25. The highest BCUT2D eigenvalue weighted by Gasteiger charge is 2.07. The molecule has 6 nitrogen and oxygen atoms in total. The maximum absolute atomic E-state index is 11.2. The lowest BCUT2D eigenvalue weighted by Gasteiger charge is -2.04. The van der Waals surface area contributed by atoms with Crippen molar-refractivity contribution in [1.82, 2.24) is 15.0 Å². The molecular formula is C11H14N4O2S. The molecule has 0 saturated carbocycles. The summed E-state index contributed by atoms with van der Waals surface area (Å²) in [5.74, 6) is 0.859. The van der Waals surface area contributed by atoms with Crippen molar-refractivity contribution in [2.24, 2.45) is 0 Å². The van der Waals surface area contributed by atoms with Crippen molar-refractivity contribution in [3.8, 4) is 0 Å². The van der Waals surface area contributed by atoms with Crippen molar-refractivity contribution < 1.29 is 8.42 Å². The quantitative estimate of drug-likeness (QED) is 0.866. The van der Waals surface area contributed by atoms with Crippen molar-refractivity contribution >= 4 is 15.5 Å². The van der Waals surface area contributed by atoms with Gasteiger partial charge in [0.25, 0.3) is 0 Å². The Kier molecular flexibility index (Phi) is 3.33. The van der Waals surface area contributed by atoms with Crippen molar-refractivity contribution in [2.75, 3.05) is 11.6 Å². The lowest BCUT2D eigenvalue weighted by Crippen LogP contribution is -2.03. The van der Waals surface area contributed by atoms with Crippen molar-refractivity contribution in [3.63, 3.8) is 0 Å². The molecule has 2 N–H and O–H groups in total. The molecule has 2 aromatic heterocycles. The molecule has 0 aliphatic carbocycles. The van der Waals surface area contributed by atoms with Gasteiger partial charge in [0.2, 0.25) is 0 Å². The highest BCUT2D eigenvalue weighted by Crippen LogP contribution is 2.11. The molecule has 0 spiro atoms. The summed E-state index contributed by atoms with van der Waals surface area (Å²) in [6.45, 7) is 2.46. The van der Waals surface area contributed by atoms with Crippen LogP contribution in [-0.4, -0.2) is 29.6 Å². The van der Waals surface area contributed by atoms with Gasteiger partial charge in [-0.3, -0.25) is 0 Å². The number of aromatic nitrogens is 3. The van der Waals surface area contributed by atoms with E-state index in [4.69, 9.17) is 0 Å². The van der Waals surface area contributed by atoms with E-state index < -0.39 is 9.84 Å². The lowest BCUT2D eigenvalue weighted by atomic mass is 10.4. The average molecular weight is 266 g/mol. The molecule has 2 heterocycles. The minimum absolute atomic E-state index is 0.0745. The van der Waals surface area contributed by atoms with Crippen molar-refractivity contribution in [2.45, 2.75) is 18.5 Å². The third-order valence-corrected chi connectivity index (χ3v) is 3.36. The molecule has 0 saturated heterocycles. The molecule has 18 heavy (non-hydrogen) atoms. The maximum atomic E-state index is 11.2. The van der Waals surface area contributed by atoms with Gasteiger partial charge in [-0.2, -0.15) is 0 Å². The molecule has 96 valence electrons. The maximum Gasteiger partial charge on any atom is 0.192 e. The molecule has 0 bridgehead atoms. The molecule has 2 rings (SSSR count). The zero-order valence-corrected chi connectivity index (χ0v) is 11.0. The Morgan fingerprint density at radius 3 is 2.56 bits per heavy atom. The SMILES string of the molecule is Cc1ncc(CNc2ccc(S(C)(=O)=O)nc2)[nH]1. The van der Waals surface area contributed by atoms with Gasteiger partial charge in [-0.15, -0.1) is 0 Å². The Hall–Kier alpha value is -1.89. The lowest BCUT2D eigenvalue weighted by molar-refractivity contribution is 0.598. The molecule has 0 amide bonds.